The number of furan rings is 1. The molecule has 2 aliphatic carbocycles. The lowest BCUT2D eigenvalue weighted by Gasteiger charge is -2.32. The van der Waals surface area contributed by atoms with Crippen molar-refractivity contribution in [2.24, 2.45) is 0 Å². The lowest BCUT2D eigenvalue weighted by molar-refractivity contribution is 0.669. The van der Waals surface area contributed by atoms with Crippen LogP contribution in [0.1, 0.15) is 22.3 Å². The predicted octanol–water partition coefficient (Wildman–Crippen LogP) is 14.7. The smallest absolute Gasteiger partial charge is 0.138 e. The maximum atomic E-state index is 6.73. The third kappa shape index (κ3) is 4.53. The molecule has 0 radical (unpaired) electrons. The Balaban J connectivity index is 1.20. The van der Waals surface area contributed by atoms with Crippen LogP contribution in [0.5, 0.6) is 0 Å². The Morgan fingerprint density at radius 3 is 1.56 bits per heavy atom. The van der Waals surface area contributed by atoms with E-state index in [2.05, 4.69) is 217 Å². The molecular weight excluding hydrogens is 691 g/mol. The van der Waals surface area contributed by atoms with Crippen LogP contribution in [0.4, 0.5) is 17.1 Å². The first-order valence-corrected chi connectivity index (χ1v) is 19.7. The summed E-state index contributed by atoms with van der Waals surface area (Å²) in [6, 6.07) is 77.4. The summed E-state index contributed by atoms with van der Waals surface area (Å²) < 4.78 is 6.73. The molecule has 0 saturated heterocycles. The Labute approximate surface area is 331 Å². The predicted molar refractivity (Wildman–Crippen MR) is 236 cm³/mol. The first-order valence-electron chi connectivity index (χ1n) is 19.7. The summed E-state index contributed by atoms with van der Waals surface area (Å²) in [6.45, 7) is 0. The first-order chi connectivity index (χ1) is 28.3. The average molecular weight is 726 g/mol. The second kappa shape index (κ2) is 12.3. The van der Waals surface area contributed by atoms with Crippen molar-refractivity contribution in [3.05, 3.63) is 235 Å². The van der Waals surface area contributed by atoms with Crippen LogP contribution < -0.4 is 4.90 Å². The van der Waals surface area contributed by atoms with Crippen molar-refractivity contribution in [2.45, 2.75) is 5.41 Å². The van der Waals surface area contributed by atoms with E-state index in [1.165, 1.54) is 55.6 Å². The summed E-state index contributed by atoms with van der Waals surface area (Å²) in [6.07, 6.45) is 0. The van der Waals surface area contributed by atoms with E-state index in [1.54, 1.807) is 0 Å². The van der Waals surface area contributed by atoms with Crippen LogP contribution in [0.15, 0.2) is 217 Å². The molecule has 2 heteroatoms. The fourth-order valence-corrected chi connectivity index (χ4v) is 9.96. The van der Waals surface area contributed by atoms with Crippen LogP contribution >= 0.6 is 0 Å². The second-order valence-electron chi connectivity index (χ2n) is 15.2. The number of para-hydroxylation sites is 1. The molecule has 0 aliphatic heterocycles. The van der Waals surface area contributed by atoms with E-state index >= 15 is 0 Å². The van der Waals surface area contributed by atoms with E-state index in [9.17, 15) is 0 Å². The van der Waals surface area contributed by atoms with Gasteiger partial charge in [0.2, 0.25) is 0 Å². The third-order valence-corrected chi connectivity index (χ3v) is 12.3. The number of hydrogen-bond acceptors (Lipinski definition) is 2. The van der Waals surface area contributed by atoms with Gasteiger partial charge >= 0.3 is 0 Å². The van der Waals surface area contributed by atoms with Crippen LogP contribution in [0.2, 0.25) is 0 Å². The van der Waals surface area contributed by atoms with Crippen molar-refractivity contribution in [3.63, 3.8) is 0 Å². The van der Waals surface area contributed by atoms with Crippen molar-refractivity contribution >= 4 is 39.0 Å². The zero-order valence-corrected chi connectivity index (χ0v) is 31.1. The summed E-state index contributed by atoms with van der Waals surface area (Å²) in [5, 5.41) is 2.18. The Kier molecular flexibility index (Phi) is 6.88. The monoisotopic (exact) mass is 725 g/mol. The molecule has 2 aliphatic rings. The molecule has 0 bridgehead atoms. The van der Waals surface area contributed by atoms with Crippen molar-refractivity contribution < 1.29 is 4.42 Å². The Hall–Kier alpha value is -7.42. The van der Waals surface area contributed by atoms with Crippen molar-refractivity contribution in [1.29, 1.82) is 0 Å². The average Bonchev–Trinajstić information content (AvgIpc) is 3.92. The molecule has 1 heterocycles. The summed E-state index contributed by atoms with van der Waals surface area (Å²) in [7, 11) is 0. The lowest BCUT2D eigenvalue weighted by Crippen LogP contribution is -2.26. The van der Waals surface area contributed by atoms with Crippen LogP contribution in [-0.4, -0.2) is 0 Å². The Bertz CT molecular complexity index is 3130. The number of fused-ring (bicyclic) bond motifs is 13. The molecule has 0 amide bonds. The van der Waals surface area contributed by atoms with Crippen LogP contribution in [-0.2, 0) is 5.41 Å². The minimum atomic E-state index is -0.457. The van der Waals surface area contributed by atoms with Gasteiger partial charge < -0.3 is 9.32 Å². The molecule has 0 unspecified atom stereocenters. The van der Waals surface area contributed by atoms with Gasteiger partial charge in [-0.3, -0.25) is 0 Å². The first kappa shape index (κ1) is 31.9. The SMILES string of the molecule is c1ccc(-c2ccc(N(c3cccc4c3-c3ccccc3C43c4ccccc4-c4ccccc43)c3cc(-c4ccccc4)cc4oc5ccccc5c34)cc2)cc1. The van der Waals surface area contributed by atoms with Gasteiger partial charge in [-0.05, 0) is 97.6 Å². The third-order valence-electron chi connectivity index (χ3n) is 12.3. The van der Waals surface area contributed by atoms with Crippen LogP contribution in [0, 0.1) is 0 Å². The van der Waals surface area contributed by atoms with Gasteiger partial charge in [-0.15, -0.1) is 0 Å². The molecule has 1 aromatic heterocycles. The van der Waals surface area contributed by atoms with Crippen molar-refractivity contribution in [2.75, 3.05) is 4.90 Å². The van der Waals surface area contributed by atoms with Gasteiger partial charge in [0.1, 0.15) is 11.2 Å². The molecule has 12 rings (SSSR count). The summed E-state index contributed by atoms with van der Waals surface area (Å²) in [5.74, 6) is 0. The topological polar surface area (TPSA) is 16.4 Å². The molecule has 57 heavy (non-hydrogen) atoms. The Morgan fingerprint density at radius 1 is 0.351 bits per heavy atom. The minimum absolute atomic E-state index is 0.457. The van der Waals surface area contributed by atoms with E-state index in [1.807, 2.05) is 0 Å². The highest BCUT2D eigenvalue weighted by Crippen LogP contribution is 2.65. The Morgan fingerprint density at radius 2 is 0.877 bits per heavy atom. The maximum absolute atomic E-state index is 6.73. The molecule has 0 atom stereocenters. The molecular formula is C55H35NO. The second-order valence-corrected chi connectivity index (χ2v) is 15.2. The molecule has 0 N–H and O–H groups in total. The van der Waals surface area contributed by atoms with E-state index in [4.69, 9.17) is 4.42 Å². The van der Waals surface area contributed by atoms with Gasteiger partial charge in [-0.1, -0.05) is 176 Å². The van der Waals surface area contributed by atoms with Gasteiger partial charge in [0.25, 0.3) is 0 Å². The number of nitrogens with zero attached hydrogens (tertiary/aromatic N) is 1. The van der Waals surface area contributed by atoms with E-state index in [-0.39, 0.29) is 0 Å². The fourth-order valence-electron chi connectivity index (χ4n) is 9.96. The van der Waals surface area contributed by atoms with Crippen LogP contribution in [0.25, 0.3) is 66.4 Å². The number of benzene rings is 9. The summed E-state index contributed by atoms with van der Waals surface area (Å²) in [4.78, 5) is 2.49. The standard InChI is InChI=1S/C55H35NO/c1-3-16-36(17-4-1)38-30-32-40(33-31-38)56(50-34-39(37-18-5-2-6-19-37)35-52-54(50)44-23-10-14-29-51(44)57-52)49-28-15-27-48-53(49)43-22-9-13-26-47(43)55(48)45-24-11-7-20-41(45)42-21-8-12-25-46(42)55/h1-35H. The van der Waals surface area contributed by atoms with Gasteiger partial charge in [0, 0.05) is 16.6 Å². The normalized spacial score (nSPS) is 13.1. The highest BCUT2D eigenvalue weighted by atomic mass is 16.3. The molecule has 1 spiro atoms. The lowest BCUT2D eigenvalue weighted by atomic mass is 9.70. The van der Waals surface area contributed by atoms with Gasteiger partial charge in [0.05, 0.1) is 22.2 Å². The highest BCUT2D eigenvalue weighted by Gasteiger charge is 2.52. The fraction of sp³-hybridized carbons (Fsp3) is 0.0182. The molecule has 2 nitrogen and oxygen atoms in total. The zero-order chi connectivity index (χ0) is 37.5. The van der Waals surface area contributed by atoms with Crippen LogP contribution in [0.3, 0.4) is 0 Å². The quantitative estimate of drug-likeness (QED) is 0.176. The highest BCUT2D eigenvalue weighted by molar-refractivity contribution is 6.15. The summed E-state index contributed by atoms with van der Waals surface area (Å²) >= 11 is 0. The summed E-state index contributed by atoms with van der Waals surface area (Å²) in [5.41, 5.74) is 19.6. The molecule has 10 aromatic rings. The van der Waals surface area contributed by atoms with Crippen molar-refractivity contribution in [1.82, 2.24) is 0 Å². The number of anilines is 3. The van der Waals surface area contributed by atoms with Gasteiger partial charge in [-0.2, -0.15) is 0 Å². The minimum Gasteiger partial charge on any atom is -0.456 e. The maximum Gasteiger partial charge on any atom is 0.138 e. The van der Waals surface area contributed by atoms with E-state index in [0.717, 1.165) is 50.1 Å². The van der Waals surface area contributed by atoms with E-state index in [0.29, 0.717) is 0 Å². The van der Waals surface area contributed by atoms with Crippen molar-refractivity contribution in [3.8, 4) is 44.5 Å². The zero-order valence-electron chi connectivity index (χ0n) is 31.1. The molecule has 0 saturated carbocycles. The van der Waals surface area contributed by atoms with Gasteiger partial charge in [-0.25, -0.2) is 0 Å². The number of hydrogen-bond donors (Lipinski definition) is 0. The number of rotatable bonds is 5. The van der Waals surface area contributed by atoms with E-state index < -0.39 is 5.41 Å². The molecule has 266 valence electrons. The molecule has 9 aromatic carbocycles. The molecule has 0 fully saturated rings. The largest absolute Gasteiger partial charge is 0.456 e. The van der Waals surface area contributed by atoms with Gasteiger partial charge in [0.15, 0.2) is 0 Å².